The first-order valence-corrected chi connectivity index (χ1v) is 7.12. The molecule has 0 spiro atoms. The maximum atomic E-state index is 12.3. The van der Waals surface area contributed by atoms with Crippen LogP contribution >= 0.6 is 0 Å². The number of hydrogen-bond donors (Lipinski definition) is 2. The van der Waals surface area contributed by atoms with Gasteiger partial charge in [0, 0.05) is 19.6 Å². The summed E-state index contributed by atoms with van der Waals surface area (Å²) in [7, 11) is 0. The van der Waals surface area contributed by atoms with Crippen molar-refractivity contribution in [2.45, 2.75) is 19.5 Å². The molecule has 0 aromatic carbocycles. The summed E-state index contributed by atoms with van der Waals surface area (Å²) >= 11 is 0. The van der Waals surface area contributed by atoms with Gasteiger partial charge in [-0.15, -0.1) is 0 Å². The van der Waals surface area contributed by atoms with Crippen LogP contribution in [0.25, 0.3) is 0 Å². The average Bonchev–Trinajstić information content (AvgIpc) is 2.93. The monoisotopic (exact) mass is 293 g/mol. The first-order chi connectivity index (χ1) is 9.35. The zero-order valence-corrected chi connectivity index (χ0v) is 11.7. The van der Waals surface area contributed by atoms with Gasteiger partial charge in [-0.25, -0.2) is 0 Å². The van der Waals surface area contributed by atoms with Crippen LogP contribution in [0.5, 0.6) is 0 Å². The van der Waals surface area contributed by atoms with E-state index in [0.29, 0.717) is 32.1 Å². The van der Waals surface area contributed by atoms with Gasteiger partial charge in [-0.1, -0.05) is 6.92 Å². The predicted molar refractivity (Wildman–Crippen MR) is 69.1 cm³/mol. The van der Waals surface area contributed by atoms with Crippen LogP contribution in [0.1, 0.15) is 13.3 Å². The van der Waals surface area contributed by atoms with E-state index >= 15 is 0 Å². The van der Waals surface area contributed by atoms with Crippen LogP contribution < -0.4 is 10.6 Å². The second-order valence-corrected chi connectivity index (χ2v) is 5.99. The number of carbonyl (C=O) groups excluding carboxylic acids is 1. The topological polar surface area (TPSA) is 44.4 Å². The third-order valence-corrected chi connectivity index (χ3v) is 4.19. The molecule has 2 fully saturated rings. The summed E-state index contributed by atoms with van der Waals surface area (Å²) in [5.74, 6) is 0.464. The Morgan fingerprint density at radius 2 is 2.15 bits per heavy atom. The lowest BCUT2D eigenvalue weighted by Gasteiger charge is -2.19. The average molecular weight is 293 g/mol. The molecule has 0 bridgehead atoms. The lowest BCUT2D eigenvalue weighted by atomic mass is 9.97. The molecule has 3 atom stereocenters. The highest BCUT2D eigenvalue weighted by Crippen LogP contribution is 2.22. The van der Waals surface area contributed by atoms with Crippen molar-refractivity contribution in [3.8, 4) is 0 Å². The Hall–Kier alpha value is -0.820. The van der Waals surface area contributed by atoms with Gasteiger partial charge in [0.05, 0.1) is 12.5 Å². The molecule has 2 rings (SSSR count). The lowest BCUT2D eigenvalue weighted by Crippen LogP contribution is -2.38. The number of halogens is 3. The molecule has 0 aromatic heterocycles. The highest BCUT2D eigenvalue weighted by Gasteiger charge is 2.35. The fraction of sp³-hybridized carbons (Fsp3) is 0.923. The van der Waals surface area contributed by atoms with Gasteiger partial charge in [0.1, 0.15) is 0 Å². The fourth-order valence-corrected chi connectivity index (χ4v) is 3.01. The van der Waals surface area contributed by atoms with Crippen LogP contribution in [0, 0.1) is 17.8 Å². The zero-order valence-electron chi connectivity index (χ0n) is 11.7. The van der Waals surface area contributed by atoms with Gasteiger partial charge in [0.25, 0.3) is 0 Å². The van der Waals surface area contributed by atoms with E-state index in [4.69, 9.17) is 0 Å². The molecule has 2 heterocycles. The normalized spacial score (nSPS) is 31.7. The van der Waals surface area contributed by atoms with E-state index in [1.807, 2.05) is 6.92 Å². The first-order valence-electron chi connectivity index (χ1n) is 7.12. The number of likely N-dealkylation sites (tertiary alicyclic amines) is 1. The third-order valence-electron chi connectivity index (χ3n) is 4.19. The Kier molecular flexibility index (Phi) is 4.90. The van der Waals surface area contributed by atoms with Crippen LogP contribution in [0.2, 0.25) is 0 Å². The molecule has 7 heteroatoms. The number of alkyl halides is 3. The van der Waals surface area contributed by atoms with Crippen molar-refractivity contribution in [3.05, 3.63) is 0 Å². The van der Waals surface area contributed by atoms with Crippen LogP contribution in [0.15, 0.2) is 0 Å². The molecule has 116 valence electrons. The Morgan fingerprint density at radius 1 is 1.40 bits per heavy atom. The zero-order chi connectivity index (χ0) is 14.8. The van der Waals surface area contributed by atoms with E-state index < -0.39 is 12.7 Å². The summed E-state index contributed by atoms with van der Waals surface area (Å²) in [5.41, 5.74) is 0. The maximum Gasteiger partial charge on any atom is 0.401 e. The number of rotatable bonds is 4. The predicted octanol–water partition coefficient (Wildman–Crippen LogP) is 0.842. The van der Waals surface area contributed by atoms with Gasteiger partial charge >= 0.3 is 6.18 Å². The molecule has 0 aromatic rings. The summed E-state index contributed by atoms with van der Waals surface area (Å²) in [5, 5.41) is 6.06. The summed E-state index contributed by atoms with van der Waals surface area (Å²) in [4.78, 5) is 13.4. The van der Waals surface area contributed by atoms with Gasteiger partial charge in [-0.2, -0.15) is 13.2 Å². The molecule has 0 saturated carbocycles. The van der Waals surface area contributed by atoms with E-state index in [1.54, 1.807) is 0 Å². The standard InChI is InChI=1S/C13H22F3N3O/c1-9-4-17-6-11(9)12(20)18-5-10-2-3-19(7-10)8-13(14,15)16/h9-11,17H,2-8H2,1H3,(H,18,20)/t9-,10?,11-/m1/s1. The molecule has 20 heavy (non-hydrogen) atoms. The summed E-state index contributed by atoms with van der Waals surface area (Å²) in [6.45, 7) is 4.08. The van der Waals surface area contributed by atoms with Crippen molar-refractivity contribution in [3.63, 3.8) is 0 Å². The Morgan fingerprint density at radius 3 is 2.75 bits per heavy atom. The van der Waals surface area contributed by atoms with Gasteiger partial charge in [-0.05, 0) is 31.3 Å². The Labute approximate surface area is 117 Å². The Balaban J connectivity index is 1.69. The molecule has 2 aliphatic heterocycles. The minimum absolute atomic E-state index is 0.0114. The maximum absolute atomic E-state index is 12.3. The molecule has 1 unspecified atom stereocenters. The van der Waals surface area contributed by atoms with Gasteiger partial charge < -0.3 is 10.6 Å². The quantitative estimate of drug-likeness (QED) is 0.807. The van der Waals surface area contributed by atoms with E-state index in [1.165, 1.54) is 4.90 Å². The van der Waals surface area contributed by atoms with E-state index in [0.717, 1.165) is 13.0 Å². The van der Waals surface area contributed by atoms with Crippen molar-refractivity contribution >= 4 is 5.91 Å². The van der Waals surface area contributed by atoms with E-state index in [9.17, 15) is 18.0 Å². The highest BCUT2D eigenvalue weighted by atomic mass is 19.4. The number of amides is 1. The molecule has 1 amide bonds. The molecule has 0 aliphatic carbocycles. The van der Waals surface area contributed by atoms with Crippen molar-refractivity contribution in [2.75, 3.05) is 39.3 Å². The van der Waals surface area contributed by atoms with Crippen molar-refractivity contribution in [2.24, 2.45) is 17.8 Å². The second kappa shape index (κ2) is 6.30. The minimum Gasteiger partial charge on any atom is -0.355 e. The smallest absolute Gasteiger partial charge is 0.355 e. The number of nitrogens with one attached hydrogen (secondary N) is 2. The van der Waals surface area contributed by atoms with Crippen molar-refractivity contribution in [1.82, 2.24) is 15.5 Å². The SMILES string of the molecule is C[C@@H]1CNC[C@H]1C(=O)NCC1CCN(CC(F)(F)F)C1. The fourth-order valence-electron chi connectivity index (χ4n) is 3.01. The van der Waals surface area contributed by atoms with Crippen LogP contribution in [-0.4, -0.2) is 56.3 Å². The van der Waals surface area contributed by atoms with Crippen molar-refractivity contribution < 1.29 is 18.0 Å². The van der Waals surface area contributed by atoms with Gasteiger partial charge in [-0.3, -0.25) is 9.69 Å². The van der Waals surface area contributed by atoms with E-state index in [2.05, 4.69) is 10.6 Å². The van der Waals surface area contributed by atoms with Gasteiger partial charge in [0.2, 0.25) is 5.91 Å². The summed E-state index contributed by atoms with van der Waals surface area (Å²) < 4.78 is 36.8. The number of nitrogens with zero attached hydrogens (tertiary/aromatic N) is 1. The van der Waals surface area contributed by atoms with Crippen molar-refractivity contribution in [1.29, 1.82) is 0 Å². The van der Waals surface area contributed by atoms with Gasteiger partial charge in [0.15, 0.2) is 0 Å². The third kappa shape index (κ3) is 4.34. The lowest BCUT2D eigenvalue weighted by molar-refractivity contribution is -0.143. The van der Waals surface area contributed by atoms with Crippen LogP contribution in [0.4, 0.5) is 13.2 Å². The largest absolute Gasteiger partial charge is 0.401 e. The summed E-state index contributed by atoms with van der Waals surface area (Å²) in [6, 6.07) is 0. The summed E-state index contributed by atoms with van der Waals surface area (Å²) in [6.07, 6.45) is -3.42. The van der Waals surface area contributed by atoms with Crippen LogP contribution in [-0.2, 0) is 4.79 Å². The number of hydrogen-bond acceptors (Lipinski definition) is 3. The first kappa shape index (κ1) is 15.6. The molecule has 2 N–H and O–H groups in total. The molecular weight excluding hydrogens is 271 g/mol. The number of carbonyl (C=O) groups is 1. The Bertz CT molecular complexity index is 348. The molecule has 2 aliphatic rings. The minimum atomic E-state index is -4.14. The highest BCUT2D eigenvalue weighted by molar-refractivity contribution is 5.79. The molecule has 4 nitrogen and oxygen atoms in total. The van der Waals surface area contributed by atoms with Crippen LogP contribution in [0.3, 0.4) is 0 Å². The molecule has 2 saturated heterocycles. The van der Waals surface area contributed by atoms with E-state index in [-0.39, 0.29) is 17.7 Å². The molecule has 0 radical (unpaired) electrons. The second-order valence-electron chi connectivity index (χ2n) is 5.99. The molecular formula is C13H22F3N3O.